The summed E-state index contributed by atoms with van der Waals surface area (Å²) in [5, 5.41) is 24.1. The van der Waals surface area contributed by atoms with Crippen LogP contribution in [-0.2, 0) is 11.3 Å². The molecular weight excluding hydrogens is 374 g/mol. The van der Waals surface area contributed by atoms with Crippen LogP contribution in [0.4, 0.5) is 11.4 Å². The van der Waals surface area contributed by atoms with Crippen LogP contribution < -0.4 is 10.9 Å². The van der Waals surface area contributed by atoms with Gasteiger partial charge in [-0.05, 0) is 18.3 Å². The Bertz CT molecular complexity index is 953. The number of aromatic nitrogens is 2. The Morgan fingerprint density at radius 2 is 2.22 bits per heavy atom. The molecule has 2 aromatic rings. The number of para-hydroxylation sites is 2. The van der Waals surface area contributed by atoms with E-state index < -0.39 is 10.5 Å². The second-order valence-electron chi connectivity index (χ2n) is 5.38. The Kier molecular flexibility index (Phi) is 7.20. The average Bonchev–Trinajstić information content (AvgIpc) is 2.63. The highest BCUT2D eigenvalue weighted by atomic mass is 32.1. The summed E-state index contributed by atoms with van der Waals surface area (Å²) in [6.45, 7) is 1.13. The molecule has 144 valence electrons. The van der Waals surface area contributed by atoms with E-state index in [-0.39, 0.29) is 35.0 Å². The Morgan fingerprint density at radius 1 is 1.48 bits per heavy atom. The number of ether oxygens (including phenoxy) is 1. The molecule has 1 aromatic heterocycles. The highest BCUT2D eigenvalue weighted by Crippen LogP contribution is 2.22. The van der Waals surface area contributed by atoms with Crippen molar-refractivity contribution in [3.8, 4) is 5.88 Å². The second kappa shape index (κ2) is 9.59. The average molecular weight is 393 g/mol. The minimum absolute atomic E-state index is 0.0228. The van der Waals surface area contributed by atoms with Crippen molar-refractivity contribution in [2.75, 3.05) is 32.1 Å². The molecule has 0 spiro atoms. The lowest BCUT2D eigenvalue weighted by molar-refractivity contribution is -0.384. The number of rotatable bonds is 9. The molecule has 3 N–H and O–H groups in total. The number of benzene rings is 1. The molecule has 0 amide bonds. The quantitative estimate of drug-likeness (QED) is 0.194. The molecule has 27 heavy (non-hydrogen) atoms. The van der Waals surface area contributed by atoms with Gasteiger partial charge in [-0.3, -0.25) is 29.5 Å². The molecule has 10 nitrogen and oxygen atoms in total. The van der Waals surface area contributed by atoms with Gasteiger partial charge in [-0.15, -0.1) is 0 Å². The minimum atomic E-state index is -0.554. The number of methoxy groups -OCH3 is 1. The zero-order valence-corrected chi connectivity index (χ0v) is 15.4. The molecule has 0 atom stereocenters. The molecule has 1 aromatic carbocycles. The predicted octanol–water partition coefficient (Wildman–Crippen LogP) is 1.70. The van der Waals surface area contributed by atoms with Gasteiger partial charge < -0.3 is 15.2 Å². The molecule has 0 aliphatic rings. The normalized spacial score (nSPS) is 11.0. The summed E-state index contributed by atoms with van der Waals surface area (Å²) < 4.78 is 6.38. The monoisotopic (exact) mass is 393 g/mol. The molecular formula is C16H19N5O5S. The van der Waals surface area contributed by atoms with Crippen molar-refractivity contribution < 1.29 is 14.8 Å². The molecule has 0 radical (unpaired) electrons. The second-order valence-corrected chi connectivity index (χ2v) is 5.76. The SMILES string of the molecule is COCCn1c(O)c(C=NCCNc2ccccc2[N+](=O)[O-])c(=O)[nH]c1=S. The summed E-state index contributed by atoms with van der Waals surface area (Å²) in [7, 11) is 1.51. The number of H-pyrrole nitrogens is 1. The third-order valence-corrected chi connectivity index (χ3v) is 3.93. The first-order valence-corrected chi connectivity index (χ1v) is 8.38. The first-order valence-electron chi connectivity index (χ1n) is 7.97. The number of hydrogen-bond acceptors (Lipinski definition) is 8. The summed E-state index contributed by atoms with van der Waals surface area (Å²) >= 11 is 5.02. The number of aromatic amines is 1. The van der Waals surface area contributed by atoms with Gasteiger partial charge in [-0.2, -0.15) is 0 Å². The molecule has 1 heterocycles. The van der Waals surface area contributed by atoms with E-state index in [1.807, 2.05) is 0 Å². The number of nitrogens with one attached hydrogen (secondary N) is 2. The van der Waals surface area contributed by atoms with Gasteiger partial charge in [0.05, 0.1) is 24.6 Å². The summed E-state index contributed by atoms with van der Waals surface area (Å²) in [6, 6.07) is 6.27. The molecule has 2 rings (SSSR count). The van der Waals surface area contributed by atoms with E-state index in [2.05, 4.69) is 15.3 Å². The number of aromatic hydroxyl groups is 1. The van der Waals surface area contributed by atoms with Crippen LogP contribution in [0.15, 0.2) is 34.1 Å². The summed E-state index contributed by atoms with van der Waals surface area (Å²) in [6.07, 6.45) is 1.24. The fourth-order valence-electron chi connectivity index (χ4n) is 2.27. The van der Waals surface area contributed by atoms with E-state index in [9.17, 15) is 20.0 Å². The Hall–Kier alpha value is -3.05. The molecule has 0 saturated carbocycles. The Labute approximate surface area is 159 Å². The van der Waals surface area contributed by atoms with Crippen LogP contribution in [0.3, 0.4) is 0 Å². The summed E-state index contributed by atoms with van der Waals surface area (Å²) in [4.78, 5) is 29.0. The molecule has 11 heteroatoms. The van der Waals surface area contributed by atoms with Crippen LogP contribution in [0.2, 0.25) is 0 Å². The minimum Gasteiger partial charge on any atom is -0.494 e. The number of nitro benzene ring substituents is 1. The largest absolute Gasteiger partial charge is 0.494 e. The van der Waals surface area contributed by atoms with Crippen LogP contribution >= 0.6 is 12.2 Å². The van der Waals surface area contributed by atoms with Gasteiger partial charge in [0.15, 0.2) is 4.77 Å². The molecule has 0 bridgehead atoms. The lowest BCUT2D eigenvalue weighted by atomic mass is 10.2. The van der Waals surface area contributed by atoms with Crippen molar-refractivity contribution in [3.63, 3.8) is 0 Å². The highest BCUT2D eigenvalue weighted by molar-refractivity contribution is 7.71. The van der Waals surface area contributed by atoms with Crippen molar-refractivity contribution in [1.82, 2.24) is 9.55 Å². The standard InChI is InChI=1S/C16H19N5O5S/c1-26-9-8-20-15(23)11(14(22)19-16(20)27)10-17-6-7-18-12-4-2-3-5-13(12)21(24)25/h2-5,10,18,23H,6-9H2,1H3,(H,19,22,27). The van der Waals surface area contributed by atoms with Gasteiger partial charge in [0.25, 0.3) is 11.2 Å². The predicted molar refractivity (Wildman–Crippen MR) is 103 cm³/mol. The summed E-state index contributed by atoms with van der Waals surface area (Å²) in [5.41, 5.74) is -0.228. The van der Waals surface area contributed by atoms with Crippen LogP contribution in [0.1, 0.15) is 5.56 Å². The Morgan fingerprint density at radius 3 is 2.93 bits per heavy atom. The van der Waals surface area contributed by atoms with E-state index in [0.717, 1.165) is 0 Å². The van der Waals surface area contributed by atoms with E-state index in [1.54, 1.807) is 18.2 Å². The number of nitrogens with zero attached hydrogens (tertiary/aromatic N) is 3. The van der Waals surface area contributed by atoms with E-state index in [0.29, 0.717) is 18.8 Å². The zero-order valence-electron chi connectivity index (χ0n) is 14.5. The number of hydrogen-bond donors (Lipinski definition) is 3. The third-order valence-electron chi connectivity index (χ3n) is 3.60. The van der Waals surface area contributed by atoms with Gasteiger partial charge in [-0.1, -0.05) is 12.1 Å². The molecule has 0 aliphatic heterocycles. The number of aliphatic imine (C=N–C) groups is 1. The number of anilines is 1. The van der Waals surface area contributed by atoms with E-state index >= 15 is 0 Å². The van der Waals surface area contributed by atoms with Gasteiger partial charge in [0.2, 0.25) is 5.88 Å². The maximum atomic E-state index is 12.0. The number of nitro groups is 1. The fraction of sp³-hybridized carbons (Fsp3) is 0.312. The highest BCUT2D eigenvalue weighted by Gasteiger charge is 2.12. The maximum Gasteiger partial charge on any atom is 0.292 e. The van der Waals surface area contributed by atoms with Gasteiger partial charge in [0, 0.05) is 25.9 Å². The molecule has 0 saturated heterocycles. The first kappa shape index (κ1) is 20.3. The van der Waals surface area contributed by atoms with Crippen LogP contribution in [0.25, 0.3) is 0 Å². The van der Waals surface area contributed by atoms with Gasteiger partial charge >= 0.3 is 0 Å². The van der Waals surface area contributed by atoms with Crippen molar-refractivity contribution in [2.45, 2.75) is 6.54 Å². The van der Waals surface area contributed by atoms with E-state index in [4.69, 9.17) is 17.0 Å². The Balaban J connectivity index is 2.06. The van der Waals surface area contributed by atoms with E-state index in [1.165, 1.54) is 24.0 Å². The van der Waals surface area contributed by atoms with Crippen molar-refractivity contribution in [2.24, 2.45) is 4.99 Å². The molecule has 0 unspecified atom stereocenters. The van der Waals surface area contributed by atoms with Crippen LogP contribution in [-0.4, -0.2) is 52.6 Å². The van der Waals surface area contributed by atoms with Crippen molar-refractivity contribution in [1.29, 1.82) is 0 Å². The zero-order chi connectivity index (χ0) is 19.8. The third kappa shape index (κ3) is 5.21. The lowest BCUT2D eigenvalue weighted by Gasteiger charge is -2.10. The first-order chi connectivity index (χ1) is 13.0. The fourth-order valence-corrected chi connectivity index (χ4v) is 2.55. The van der Waals surface area contributed by atoms with Crippen LogP contribution in [0, 0.1) is 14.9 Å². The smallest absolute Gasteiger partial charge is 0.292 e. The van der Waals surface area contributed by atoms with Crippen molar-refractivity contribution in [3.05, 3.63) is 55.1 Å². The maximum absolute atomic E-state index is 12.0. The summed E-state index contributed by atoms with van der Waals surface area (Å²) in [5.74, 6) is -0.295. The van der Waals surface area contributed by atoms with Crippen molar-refractivity contribution >= 4 is 29.8 Å². The molecule has 0 aliphatic carbocycles. The molecule has 0 fully saturated rings. The van der Waals surface area contributed by atoms with Gasteiger partial charge in [0.1, 0.15) is 11.3 Å². The van der Waals surface area contributed by atoms with Crippen LogP contribution in [0.5, 0.6) is 5.88 Å². The topological polar surface area (TPSA) is 135 Å². The van der Waals surface area contributed by atoms with Gasteiger partial charge in [-0.25, -0.2) is 0 Å². The lowest BCUT2D eigenvalue weighted by Crippen LogP contribution is -2.20.